The Labute approximate surface area is 102 Å². The molecule has 17 heavy (non-hydrogen) atoms. The number of carbonyl (C=O) groups is 1. The molecule has 0 aliphatic heterocycles. The van der Waals surface area contributed by atoms with Crippen LogP contribution in [-0.4, -0.2) is 20.0 Å². The molecule has 0 bridgehead atoms. The molecule has 0 N–H and O–H groups in total. The average Bonchev–Trinajstić information content (AvgIpc) is 2.70. The zero-order valence-corrected chi connectivity index (χ0v) is 9.64. The second-order valence-electron chi connectivity index (χ2n) is 3.37. The zero-order chi connectivity index (χ0) is 12.4. The number of carbonyl (C=O) groups excluding carboxylic acids is 1. The third kappa shape index (κ3) is 2.03. The largest absolute Gasteiger partial charge is 0.302 e. The van der Waals surface area contributed by atoms with E-state index < -0.39 is 5.24 Å². The van der Waals surface area contributed by atoms with Crippen LogP contribution in [0.3, 0.4) is 0 Å². The summed E-state index contributed by atoms with van der Waals surface area (Å²) in [7, 11) is 1.70. The molecule has 0 radical (unpaired) electrons. The van der Waals surface area contributed by atoms with Crippen LogP contribution in [0.25, 0.3) is 11.4 Å². The second-order valence-corrected chi connectivity index (χ2v) is 3.71. The number of aromatic nitrogens is 3. The Balaban J connectivity index is 2.44. The van der Waals surface area contributed by atoms with Crippen molar-refractivity contribution in [2.75, 3.05) is 0 Å². The van der Waals surface area contributed by atoms with Crippen molar-refractivity contribution in [3.05, 3.63) is 35.7 Å². The molecule has 5 nitrogen and oxygen atoms in total. The third-order valence-corrected chi connectivity index (χ3v) is 2.56. The molecule has 1 aromatic carbocycles. The number of halogens is 1. The van der Waals surface area contributed by atoms with Crippen LogP contribution in [0.5, 0.6) is 0 Å². The highest BCUT2D eigenvalue weighted by Crippen LogP contribution is 2.18. The van der Waals surface area contributed by atoms with Crippen molar-refractivity contribution in [2.45, 2.75) is 0 Å². The van der Waals surface area contributed by atoms with E-state index >= 15 is 0 Å². The molecule has 84 valence electrons. The van der Waals surface area contributed by atoms with E-state index in [1.807, 2.05) is 6.07 Å². The number of hydrogen-bond acceptors (Lipinski definition) is 4. The fourth-order valence-electron chi connectivity index (χ4n) is 1.43. The average molecular weight is 247 g/mol. The summed E-state index contributed by atoms with van der Waals surface area (Å²) in [6.45, 7) is 0. The van der Waals surface area contributed by atoms with Gasteiger partial charge in [0.1, 0.15) is 6.07 Å². The molecule has 0 aliphatic carbocycles. The van der Waals surface area contributed by atoms with Gasteiger partial charge in [0.05, 0.1) is 0 Å². The summed E-state index contributed by atoms with van der Waals surface area (Å²) in [4.78, 5) is 10.9. The summed E-state index contributed by atoms with van der Waals surface area (Å²) in [5.41, 5.74) is 1.18. The summed E-state index contributed by atoms with van der Waals surface area (Å²) < 4.78 is 1.58. The van der Waals surface area contributed by atoms with Crippen LogP contribution >= 0.6 is 11.6 Å². The van der Waals surface area contributed by atoms with E-state index in [4.69, 9.17) is 16.9 Å². The van der Waals surface area contributed by atoms with E-state index in [1.165, 1.54) is 0 Å². The Morgan fingerprint density at radius 1 is 1.35 bits per heavy atom. The maximum atomic E-state index is 10.9. The fourth-order valence-corrected chi connectivity index (χ4v) is 1.55. The van der Waals surface area contributed by atoms with Crippen molar-refractivity contribution >= 4 is 16.8 Å². The summed E-state index contributed by atoms with van der Waals surface area (Å²) in [6, 6.07) is 8.55. The van der Waals surface area contributed by atoms with Gasteiger partial charge in [-0.25, -0.2) is 0 Å². The van der Waals surface area contributed by atoms with E-state index in [2.05, 4.69) is 10.2 Å². The minimum absolute atomic E-state index is 0.234. The highest BCUT2D eigenvalue weighted by Gasteiger charge is 2.10. The lowest BCUT2D eigenvalue weighted by molar-refractivity contribution is 0.108. The van der Waals surface area contributed by atoms with Crippen LogP contribution in [0.15, 0.2) is 24.3 Å². The van der Waals surface area contributed by atoms with Gasteiger partial charge in [0.25, 0.3) is 5.24 Å². The molecule has 0 unspecified atom stereocenters. The number of rotatable bonds is 2. The van der Waals surface area contributed by atoms with E-state index in [-0.39, 0.29) is 5.82 Å². The van der Waals surface area contributed by atoms with Gasteiger partial charge in [0, 0.05) is 18.2 Å². The van der Waals surface area contributed by atoms with Crippen molar-refractivity contribution in [1.82, 2.24) is 14.8 Å². The first-order chi connectivity index (χ1) is 8.13. The van der Waals surface area contributed by atoms with Gasteiger partial charge in [0.2, 0.25) is 5.82 Å². The summed E-state index contributed by atoms with van der Waals surface area (Å²) in [6.07, 6.45) is 0. The predicted molar refractivity (Wildman–Crippen MR) is 61.3 cm³/mol. The van der Waals surface area contributed by atoms with Gasteiger partial charge in [-0.3, -0.25) is 4.79 Å². The zero-order valence-electron chi connectivity index (χ0n) is 8.88. The minimum Gasteiger partial charge on any atom is -0.302 e. The summed E-state index contributed by atoms with van der Waals surface area (Å²) >= 11 is 5.34. The Hall–Kier alpha value is -2.19. The van der Waals surface area contributed by atoms with Gasteiger partial charge in [-0.2, -0.15) is 5.26 Å². The van der Waals surface area contributed by atoms with Crippen molar-refractivity contribution < 1.29 is 4.79 Å². The van der Waals surface area contributed by atoms with Gasteiger partial charge in [0.15, 0.2) is 5.82 Å². The first-order valence-electron chi connectivity index (χ1n) is 4.73. The van der Waals surface area contributed by atoms with E-state index in [9.17, 15) is 4.79 Å². The molecule has 0 saturated carbocycles. The van der Waals surface area contributed by atoms with Crippen LogP contribution in [0.2, 0.25) is 0 Å². The molecular formula is C11H7ClN4O. The fraction of sp³-hybridized carbons (Fsp3) is 0.0909. The molecule has 0 aliphatic rings. The Bertz CT molecular complexity index is 609. The Morgan fingerprint density at radius 3 is 2.47 bits per heavy atom. The number of hydrogen-bond donors (Lipinski definition) is 0. The second kappa shape index (κ2) is 4.36. The maximum absolute atomic E-state index is 10.9. The molecule has 0 amide bonds. The Kier molecular flexibility index (Phi) is 2.90. The first-order valence-corrected chi connectivity index (χ1v) is 5.11. The summed E-state index contributed by atoms with van der Waals surface area (Å²) in [5.74, 6) is 0.799. The van der Waals surface area contributed by atoms with Crippen LogP contribution < -0.4 is 0 Å². The monoisotopic (exact) mass is 246 g/mol. The van der Waals surface area contributed by atoms with Crippen LogP contribution in [0, 0.1) is 11.3 Å². The SMILES string of the molecule is Cn1c(C#N)nnc1-c1ccc(C(=O)Cl)cc1. The molecule has 2 rings (SSSR count). The summed E-state index contributed by atoms with van der Waals surface area (Å²) in [5, 5.41) is 15.9. The topological polar surface area (TPSA) is 71.6 Å². The van der Waals surface area contributed by atoms with Gasteiger partial charge >= 0.3 is 0 Å². The van der Waals surface area contributed by atoms with E-state index in [0.717, 1.165) is 5.56 Å². The van der Waals surface area contributed by atoms with Gasteiger partial charge in [-0.15, -0.1) is 10.2 Å². The first kappa shape index (κ1) is 11.3. The van der Waals surface area contributed by atoms with Gasteiger partial charge in [-0.1, -0.05) is 12.1 Å². The van der Waals surface area contributed by atoms with Gasteiger partial charge < -0.3 is 4.57 Å². The lowest BCUT2D eigenvalue weighted by Crippen LogP contribution is -1.96. The molecule has 0 fully saturated rings. The van der Waals surface area contributed by atoms with Gasteiger partial charge in [-0.05, 0) is 23.7 Å². The normalized spacial score (nSPS) is 9.94. The third-order valence-electron chi connectivity index (χ3n) is 2.34. The predicted octanol–water partition coefficient (Wildman–Crippen LogP) is 1.73. The number of benzene rings is 1. The molecule has 0 atom stereocenters. The number of nitriles is 1. The highest BCUT2D eigenvalue weighted by molar-refractivity contribution is 6.67. The maximum Gasteiger partial charge on any atom is 0.252 e. The lowest BCUT2D eigenvalue weighted by Gasteiger charge is -2.01. The standard InChI is InChI=1S/C11H7ClN4O/c1-16-9(6-13)14-15-11(16)8-4-2-7(3-5-8)10(12)17/h2-5H,1H3. The van der Waals surface area contributed by atoms with Crippen molar-refractivity contribution in [1.29, 1.82) is 5.26 Å². The lowest BCUT2D eigenvalue weighted by atomic mass is 10.1. The van der Waals surface area contributed by atoms with Crippen LogP contribution in [0.4, 0.5) is 0 Å². The quantitative estimate of drug-likeness (QED) is 0.757. The van der Waals surface area contributed by atoms with Crippen LogP contribution in [0.1, 0.15) is 16.2 Å². The van der Waals surface area contributed by atoms with Crippen molar-refractivity contribution in [3.63, 3.8) is 0 Å². The number of nitrogens with zero attached hydrogens (tertiary/aromatic N) is 4. The molecule has 1 aromatic heterocycles. The van der Waals surface area contributed by atoms with Crippen molar-refractivity contribution in [3.8, 4) is 17.5 Å². The van der Waals surface area contributed by atoms with Crippen molar-refractivity contribution in [2.24, 2.45) is 7.05 Å². The van der Waals surface area contributed by atoms with Crippen LogP contribution in [-0.2, 0) is 7.05 Å². The molecule has 2 aromatic rings. The highest BCUT2D eigenvalue weighted by atomic mass is 35.5. The molecule has 6 heteroatoms. The molecular weight excluding hydrogens is 240 g/mol. The van der Waals surface area contributed by atoms with E-state index in [1.54, 1.807) is 35.9 Å². The molecule has 0 saturated heterocycles. The minimum atomic E-state index is -0.507. The Morgan fingerprint density at radius 2 is 2.00 bits per heavy atom. The smallest absolute Gasteiger partial charge is 0.252 e. The molecule has 1 heterocycles. The molecule has 0 spiro atoms. The van der Waals surface area contributed by atoms with E-state index in [0.29, 0.717) is 11.4 Å².